The Morgan fingerprint density at radius 3 is 2.34 bits per heavy atom. The molecule has 0 radical (unpaired) electrons. The second kappa shape index (κ2) is 12.7. The normalized spacial score (nSPS) is 12.7. The number of nitrogens with one attached hydrogen (secondary N) is 3. The van der Waals surface area contributed by atoms with Gasteiger partial charge in [0.1, 0.15) is 6.04 Å². The molecule has 0 fully saturated rings. The number of amides is 3. The highest BCUT2D eigenvalue weighted by Gasteiger charge is 2.30. The van der Waals surface area contributed by atoms with Crippen molar-refractivity contribution in [2.75, 3.05) is 0 Å². The van der Waals surface area contributed by atoms with Gasteiger partial charge in [-0.3, -0.25) is 4.79 Å². The molecule has 2 unspecified atom stereocenters. The van der Waals surface area contributed by atoms with Crippen LogP contribution in [-0.4, -0.2) is 41.1 Å². The summed E-state index contributed by atoms with van der Waals surface area (Å²) in [7, 11) is -1.71. The van der Waals surface area contributed by atoms with E-state index in [0.29, 0.717) is 22.0 Å². The van der Waals surface area contributed by atoms with E-state index >= 15 is 0 Å². The van der Waals surface area contributed by atoms with Gasteiger partial charge in [0.15, 0.2) is 0 Å². The highest BCUT2D eigenvalue weighted by atomic mass is 35.5. The maximum absolute atomic E-state index is 12.9. The van der Waals surface area contributed by atoms with Gasteiger partial charge in [-0.05, 0) is 41.7 Å². The fourth-order valence-electron chi connectivity index (χ4n) is 3.17. The molecule has 0 saturated carbocycles. The first-order valence-corrected chi connectivity index (χ1v) is 11.1. The maximum atomic E-state index is 12.9. The molecule has 172 valence electrons. The maximum Gasteiger partial charge on any atom is 0.475 e. The van der Waals surface area contributed by atoms with E-state index in [1.807, 2.05) is 44.2 Å². The summed E-state index contributed by atoms with van der Waals surface area (Å²) in [6.45, 7) is 3.95. The van der Waals surface area contributed by atoms with E-state index in [1.54, 1.807) is 18.2 Å². The van der Waals surface area contributed by atoms with E-state index < -0.39 is 31.0 Å². The highest BCUT2D eigenvalue weighted by Crippen LogP contribution is 2.20. The Morgan fingerprint density at radius 2 is 1.72 bits per heavy atom. The summed E-state index contributed by atoms with van der Waals surface area (Å²) in [5.41, 5.74) is 1.48. The van der Waals surface area contributed by atoms with Gasteiger partial charge in [-0.1, -0.05) is 67.4 Å². The quantitative estimate of drug-likeness (QED) is 0.337. The lowest BCUT2D eigenvalue weighted by atomic mass is 9.75. The van der Waals surface area contributed by atoms with Gasteiger partial charge in [0, 0.05) is 23.0 Å². The molecule has 0 aliphatic rings. The number of hydrogen-bond acceptors (Lipinski definition) is 4. The number of benzene rings is 2. The Hall–Kier alpha value is -2.26. The number of hydrogen-bond donors (Lipinski definition) is 5. The summed E-state index contributed by atoms with van der Waals surface area (Å²) < 4.78 is 0. The van der Waals surface area contributed by atoms with Crippen LogP contribution in [0.2, 0.25) is 10.0 Å². The van der Waals surface area contributed by atoms with Crippen molar-refractivity contribution in [2.45, 2.75) is 45.2 Å². The van der Waals surface area contributed by atoms with Gasteiger partial charge in [-0.2, -0.15) is 0 Å². The second-order valence-corrected chi connectivity index (χ2v) is 8.81. The molecule has 32 heavy (non-hydrogen) atoms. The first-order valence-electron chi connectivity index (χ1n) is 10.3. The number of carbonyl (C=O) groups excluding carboxylic acids is 2. The lowest BCUT2D eigenvalue weighted by Crippen LogP contribution is -2.56. The summed E-state index contributed by atoms with van der Waals surface area (Å²) in [5.74, 6) is -1.23. The molecule has 0 saturated heterocycles. The van der Waals surface area contributed by atoms with Gasteiger partial charge in [0.25, 0.3) is 0 Å². The van der Waals surface area contributed by atoms with Crippen LogP contribution in [-0.2, 0) is 17.8 Å². The van der Waals surface area contributed by atoms with Crippen LogP contribution in [0.25, 0.3) is 0 Å². The summed E-state index contributed by atoms with van der Waals surface area (Å²) in [4.78, 5) is 25.5. The third-order valence-corrected chi connectivity index (χ3v) is 5.37. The topological polar surface area (TPSA) is 111 Å². The Bertz CT molecular complexity index is 900. The molecule has 0 aliphatic carbocycles. The largest absolute Gasteiger partial charge is 0.475 e. The van der Waals surface area contributed by atoms with Gasteiger partial charge in [0.2, 0.25) is 5.91 Å². The van der Waals surface area contributed by atoms with E-state index in [2.05, 4.69) is 16.0 Å². The molecule has 3 amide bonds. The number of halogens is 2. The molecule has 2 aromatic carbocycles. The van der Waals surface area contributed by atoms with E-state index in [-0.39, 0.29) is 18.9 Å². The highest BCUT2D eigenvalue weighted by molar-refractivity contribution is 6.43. The van der Waals surface area contributed by atoms with Gasteiger partial charge >= 0.3 is 13.1 Å². The van der Waals surface area contributed by atoms with Crippen molar-refractivity contribution in [2.24, 2.45) is 5.92 Å². The summed E-state index contributed by atoms with van der Waals surface area (Å²) in [6, 6.07) is 12.7. The predicted molar refractivity (Wildman–Crippen MR) is 127 cm³/mol. The zero-order valence-electron chi connectivity index (χ0n) is 18.0. The number of rotatable bonds is 10. The van der Waals surface area contributed by atoms with Gasteiger partial charge in [0.05, 0.1) is 5.94 Å². The third-order valence-electron chi connectivity index (χ3n) is 4.76. The number of carbonyl (C=O) groups is 2. The first kappa shape index (κ1) is 26.0. The zero-order chi connectivity index (χ0) is 23.7. The molecule has 2 aromatic rings. The average molecular weight is 480 g/mol. The van der Waals surface area contributed by atoms with Crippen molar-refractivity contribution in [1.29, 1.82) is 0 Å². The monoisotopic (exact) mass is 479 g/mol. The molecule has 0 aliphatic heterocycles. The van der Waals surface area contributed by atoms with E-state index in [4.69, 9.17) is 23.2 Å². The minimum atomic E-state index is -1.71. The van der Waals surface area contributed by atoms with Gasteiger partial charge in [-0.25, -0.2) is 4.79 Å². The van der Waals surface area contributed by atoms with Crippen molar-refractivity contribution in [1.82, 2.24) is 16.0 Å². The van der Waals surface area contributed by atoms with Gasteiger partial charge < -0.3 is 26.0 Å². The Kier molecular flexibility index (Phi) is 10.3. The molecular formula is C22H28BCl2N3O4. The predicted octanol–water partition coefficient (Wildman–Crippen LogP) is 2.95. The van der Waals surface area contributed by atoms with Crippen LogP contribution in [0.3, 0.4) is 0 Å². The van der Waals surface area contributed by atoms with Crippen molar-refractivity contribution in [3.8, 4) is 0 Å². The summed E-state index contributed by atoms with van der Waals surface area (Å²) >= 11 is 12.1. The van der Waals surface area contributed by atoms with Crippen molar-refractivity contribution in [3.63, 3.8) is 0 Å². The van der Waals surface area contributed by atoms with Crippen LogP contribution in [0.1, 0.15) is 31.4 Å². The van der Waals surface area contributed by atoms with Gasteiger partial charge in [-0.15, -0.1) is 0 Å². The van der Waals surface area contributed by atoms with Crippen molar-refractivity contribution < 1.29 is 19.6 Å². The Morgan fingerprint density at radius 1 is 1.03 bits per heavy atom. The smallest absolute Gasteiger partial charge is 0.426 e. The zero-order valence-corrected chi connectivity index (χ0v) is 19.5. The molecule has 7 nitrogen and oxygen atoms in total. The van der Waals surface area contributed by atoms with Crippen LogP contribution < -0.4 is 16.0 Å². The van der Waals surface area contributed by atoms with Crippen LogP contribution in [0.4, 0.5) is 4.79 Å². The van der Waals surface area contributed by atoms with E-state index in [0.717, 1.165) is 5.56 Å². The molecule has 10 heteroatoms. The summed E-state index contributed by atoms with van der Waals surface area (Å²) in [6.07, 6.45) is 0.606. The van der Waals surface area contributed by atoms with E-state index in [9.17, 15) is 19.6 Å². The molecule has 5 N–H and O–H groups in total. The lowest BCUT2D eigenvalue weighted by Gasteiger charge is -2.24. The Balaban J connectivity index is 2.09. The molecule has 0 aromatic heterocycles. The fraction of sp³-hybridized carbons (Fsp3) is 0.364. The Labute approximate surface area is 198 Å². The molecule has 0 heterocycles. The summed E-state index contributed by atoms with van der Waals surface area (Å²) in [5, 5.41) is 28.2. The molecule has 0 spiro atoms. The molecule has 2 rings (SSSR count). The third kappa shape index (κ3) is 8.71. The van der Waals surface area contributed by atoms with Crippen LogP contribution in [0.15, 0.2) is 48.5 Å². The van der Waals surface area contributed by atoms with Crippen molar-refractivity contribution >= 4 is 42.3 Å². The fourth-order valence-corrected chi connectivity index (χ4v) is 3.55. The molecule has 0 bridgehead atoms. The van der Waals surface area contributed by atoms with Crippen LogP contribution >= 0.6 is 23.2 Å². The first-order chi connectivity index (χ1) is 15.2. The minimum Gasteiger partial charge on any atom is -0.426 e. The van der Waals surface area contributed by atoms with Crippen molar-refractivity contribution in [3.05, 3.63) is 69.7 Å². The number of urea groups is 1. The van der Waals surface area contributed by atoms with Crippen LogP contribution in [0.5, 0.6) is 0 Å². The lowest BCUT2D eigenvalue weighted by molar-refractivity contribution is -0.123. The second-order valence-electron chi connectivity index (χ2n) is 7.96. The molecule has 2 atom stereocenters. The standard InChI is InChI=1S/C22H28BCl2N3O4/c1-14(2)10-20(23(31)32)28-21(29)19(11-15-6-4-3-5-7-15)27-22(30)26-13-16-12-17(24)8-9-18(16)25/h3-9,12,14,19-20,31-32H,10-11,13H2,1-2H3,(H,28,29)(H2,26,27,30). The average Bonchev–Trinajstić information content (AvgIpc) is 2.73. The SMILES string of the molecule is CC(C)CC(NC(=O)C(Cc1ccccc1)NC(=O)NCc1cc(Cl)ccc1Cl)B(O)O. The molecular weight excluding hydrogens is 452 g/mol. The van der Waals surface area contributed by atoms with E-state index in [1.165, 1.54) is 0 Å². The van der Waals surface area contributed by atoms with Crippen LogP contribution in [0, 0.1) is 5.92 Å². The minimum absolute atomic E-state index is 0.121.